The Balaban J connectivity index is 0.00000169. The number of carbonyl (C=O) groups excluding carboxylic acids is 1. The summed E-state index contributed by atoms with van der Waals surface area (Å²) in [6.07, 6.45) is 0.726. The minimum absolute atomic E-state index is 0. The predicted molar refractivity (Wildman–Crippen MR) is 54.6 cm³/mol. The highest BCUT2D eigenvalue weighted by Gasteiger charge is 2.14. The van der Waals surface area contributed by atoms with E-state index in [2.05, 4.69) is 4.74 Å². The minimum Gasteiger partial charge on any atom is -0.463 e. The molecule has 0 spiro atoms. The van der Waals surface area contributed by atoms with E-state index in [4.69, 9.17) is 10.2 Å². The van der Waals surface area contributed by atoms with Crippen molar-refractivity contribution in [3.05, 3.63) is 23.2 Å². The molecule has 0 fully saturated rings. The van der Waals surface area contributed by atoms with E-state index in [-0.39, 0.29) is 18.2 Å². The summed E-state index contributed by atoms with van der Waals surface area (Å²) in [5.74, 6) is 0.511. The van der Waals surface area contributed by atoms with Crippen LogP contribution in [0.3, 0.4) is 0 Å². The monoisotopic (exact) mass is 219 g/mol. The third-order valence-electron chi connectivity index (χ3n) is 1.82. The fourth-order valence-electron chi connectivity index (χ4n) is 1.14. The number of carbonyl (C=O) groups is 1. The molecule has 0 amide bonds. The lowest BCUT2D eigenvalue weighted by molar-refractivity contribution is 0.0563. The summed E-state index contributed by atoms with van der Waals surface area (Å²) < 4.78 is 9.77. The molecule has 0 aliphatic rings. The fourth-order valence-corrected chi connectivity index (χ4v) is 1.14. The van der Waals surface area contributed by atoms with Gasteiger partial charge in [0.1, 0.15) is 5.76 Å². The van der Waals surface area contributed by atoms with Crippen LogP contribution in [0.1, 0.15) is 28.8 Å². The Morgan fingerprint density at radius 2 is 2.29 bits per heavy atom. The molecule has 14 heavy (non-hydrogen) atoms. The third-order valence-corrected chi connectivity index (χ3v) is 1.82. The number of methoxy groups -OCH3 is 1. The highest BCUT2D eigenvalue weighted by Crippen LogP contribution is 2.16. The molecule has 5 heteroatoms. The second kappa shape index (κ2) is 5.67. The summed E-state index contributed by atoms with van der Waals surface area (Å²) in [7, 11) is 1.32. The van der Waals surface area contributed by atoms with Crippen molar-refractivity contribution in [1.29, 1.82) is 0 Å². The molecular formula is C9H14ClNO3. The quantitative estimate of drug-likeness (QED) is 0.783. The summed E-state index contributed by atoms with van der Waals surface area (Å²) >= 11 is 0. The molecule has 0 unspecified atom stereocenters. The van der Waals surface area contributed by atoms with Crippen molar-refractivity contribution in [3.8, 4) is 0 Å². The van der Waals surface area contributed by atoms with Crippen LogP contribution in [0.4, 0.5) is 0 Å². The Morgan fingerprint density at radius 3 is 2.64 bits per heavy atom. The molecule has 1 aromatic heterocycles. The van der Waals surface area contributed by atoms with Gasteiger partial charge in [0.15, 0.2) is 0 Å². The number of aryl methyl sites for hydroxylation is 1. The zero-order valence-electron chi connectivity index (χ0n) is 8.20. The van der Waals surface area contributed by atoms with Gasteiger partial charge >= 0.3 is 5.97 Å². The summed E-state index contributed by atoms with van der Waals surface area (Å²) in [5.41, 5.74) is 6.33. The summed E-state index contributed by atoms with van der Waals surface area (Å²) in [4.78, 5) is 11.1. The van der Waals surface area contributed by atoms with Crippen molar-refractivity contribution in [3.63, 3.8) is 0 Å². The van der Waals surface area contributed by atoms with E-state index in [0.717, 1.165) is 17.7 Å². The number of nitrogens with two attached hydrogens (primary N) is 1. The molecule has 0 saturated heterocycles. The van der Waals surface area contributed by atoms with E-state index in [9.17, 15) is 4.79 Å². The number of ether oxygens (including phenoxy) is 1. The van der Waals surface area contributed by atoms with E-state index in [1.165, 1.54) is 7.11 Å². The molecular weight excluding hydrogens is 206 g/mol. The Hall–Kier alpha value is -1.00. The van der Waals surface area contributed by atoms with E-state index in [1.807, 2.05) is 6.92 Å². The first kappa shape index (κ1) is 13.0. The van der Waals surface area contributed by atoms with Crippen LogP contribution in [0.2, 0.25) is 0 Å². The molecule has 0 aliphatic heterocycles. The Kier molecular flexibility index (Phi) is 5.27. The van der Waals surface area contributed by atoms with Gasteiger partial charge in [-0.3, -0.25) is 0 Å². The number of hydrogen-bond donors (Lipinski definition) is 1. The van der Waals surface area contributed by atoms with Gasteiger partial charge in [0, 0.05) is 18.5 Å². The van der Waals surface area contributed by atoms with E-state index < -0.39 is 5.97 Å². The molecule has 1 rings (SSSR count). The van der Waals surface area contributed by atoms with Gasteiger partial charge in [0.05, 0.1) is 7.11 Å². The Bertz CT molecular complexity index is 288. The zero-order chi connectivity index (χ0) is 9.84. The molecule has 4 nitrogen and oxygen atoms in total. The van der Waals surface area contributed by atoms with Crippen molar-refractivity contribution in [1.82, 2.24) is 0 Å². The summed E-state index contributed by atoms with van der Waals surface area (Å²) in [6, 6.07) is 1.63. The van der Waals surface area contributed by atoms with Crippen molar-refractivity contribution in [2.24, 2.45) is 5.73 Å². The SMILES string of the molecule is CCc1oc(C(=O)OC)cc1CN.Cl. The van der Waals surface area contributed by atoms with E-state index in [0.29, 0.717) is 6.54 Å². The third kappa shape index (κ3) is 2.49. The van der Waals surface area contributed by atoms with Crippen molar-refractivity contribution >= 4 is 18.4 Å². The number of hydrogen-bond acceptors (Lipinski definition) is 4. The minimum atomic E-state index is -0.464. The lowest BCUT2D eigenvalue weighted by Crippen LogP contribution is -1.99. The Labute approximate surface area is 88.8 Å². The largest absolute Gasteiger partial charge is 0.463 e. The number of furan rings is 1. The van der Waals surface area contributed by atoms with Crippen LogP contribution in [0.25, 0.3) is 0 Å². The molecule has 0 aliphatic carbocycles. The molecule has 2 N–H and O–H groups in total. The smallest absolute Gasteiger partial charge is 0.373 e. The summed E-state index contributed by atoms with van der Waals surface area (Å²) in [5, 5.41) is 0. The molecule has 0 atom stereocenters. The van der Waals surface area contributed by atoms with Crippen molar-refractivity contribution in [2.45, 2.75) is 19.9 Å². The summed E-state index contributed by atoms with van der Waals surface area (Å²) in [6.45, 7) is 2.32. The van der Waals surface area contributed by atoms with Crippen LogP contribution in [0.5, 0.6) is 0 Å². The molecule has 0 saturated carbocycles. The van der Waals surface area contributed by atoms with Gasteiger partial charge in [-0.15, -0.1) is 12.4 Å². The topological polar surface area (TPSA) is 65.5 Å². The number of halogens is 1. The standard InChI is InChI=1S/C9H13NO3.ClH/c1-3-7-6(5-10)4-8(13-7)9(11)12-2;/h4H,3,5,10H2,1-2H3;1H. The maximum absolute atomic E-state index is 11.1. The average molecular weight is 220 g/mol. The highest BCUT2D eigenvalue weighted by atomic mass is 35.5. The van der Waals surface area contributed by atoms with Crippen molar-refractivity contribution < 1.29 is 13.9 Å². The Morgan fingerprint density at radius 1 is 1.64 bits per heavy atom. The molecule has 1 heterocycles. The average Bonchev–Trinajstić information content (AvgIpc) is 2.59. The first-order valence-corrected chi connectivity index (χ1v) is 4.12. The second-order valence-electron chi connectivity index (χ2n) is 2.61. The first-order chi connectivity index (χ1) is 6.22. The normalized spacial score (nSPS) is 9.36. The lowest BCUT2D eigenvalue weighted by atomic mass is 10.2. The second-order valence-corrected chi connectivity index (χ2v) is 2.61. The lowest BCUT2D eigenvalue weighted by Gasteiger charge is -1.93. The van der Waals surface area contributed by atoms with Gasteiger partial charge in [-0.05, 0) is 6.07 Å². The number of esters is 1. The predicted octanol–water partition coefficient (Wildman–Crippen LogP) is 1.51. The number of rotatable bonds is 3. The molecule has 0 aromatic carbocycles. The van der Waals surface area contributed by atoms with Crippen LogP contribution in [0.15, 0.2) is 10.5 Å². The van der Waals surface area contributed by atoms with Crippen LogP contribution >= 0.6 is 12.4 Å². The van der Waals surface area contributed by atoms with Crippen LogP contribution in [-0.2, 0) is 17.7 Å². The fraction of sp³-hybridized carbons (Fsp3) is 0.444. The van der Waals surface area contributed by atoms with Crippen LogP contribution in [0, 0.1) is 0 Å². The highest BCUT2D eigenvalue weighted by molar-refractivity contribution is 5.86. The molecule has 0 radical (unpaired) electrons. The van der Waals surface area contributed by atoms with Crippen LogP contribution < -0.4 is 5.73 Å². The zero-order valence-corrected chi connectivity index (χ0v) is 9.02. The first-order valence-electron chi connectivity index (χ1n) is 4.12. The van der Waals surface area contributed by atoms with E-state index in [1.54, 1.807) is 6.07 Å². The van der Waals surface area contributed by atoms with E-state index >= 15 is 0 Å². The van der Waals surface area contributed by atoms with Gasteiger partial charge in [-0.1, -0.05) is 6.92 Å². The van der Waals surface area contributed by atoms with Crippen LogP contribution in [-0.4, -0.2) is 13.1 Å². The maximum Gasteiger partial charge on any atom is 0.373 e. The van der Waals surface area contributed by atoms with Crippen molar-refractivity contribution in [2.75, 3.05) is 7.11 Å². The van der Waals surface area contributed by atoms with Gasteiger partial charge in [-0.25, -0.2) is 4.79 Å². The van der Waals surface area contributed by atoms with Gasteiger partial charge in [0.2, 0.25) is 5.76 Å². The maximum atomic E-state index is 11.1. The molecule has 0 bridgehead atoms. The van der Waals surface area contributed by atoms with Gasteiger partial charge in [-0.2, -0.15) is 0 Å². The van der Waals surface area contributed by atoms with Gasteiger partial charge < -0.3 is 14.9 Å². The molecule has 1 aromatic rings. The molecule has 80 valence electrons. The van der Waals surface area contributed by atoms with Gasteiger partial charge in [0.25, 0.3) is 0 Å².